The monoisotopic (exact) mass is 499 g/mol. The largest absolute Gasteiger partial charge is 0.490 e. The van der Waals surface area contributed by atoms with E-state index in [0.717, 1.165) is 5.56 Å². The number of carboxylic acids is 1. The van der Waals surface area contributed by atoms with Crippen molar-refractivity contribution in [2.75, 3.05) is 6.61 Å². The summed E-state index contributed by atoms with van der Waals surface area (Å²) in [4.78, 5) is 22.5. The van der Waals surface area contributed by atoms with Gasteiger partial charge in [-0.15, -0.1) is 0 Å². The van der Waals surface area contributed by atoms with Gasteiger partial charge in [0.1, 0.15) is 18.1 Å². The molecule has 0 spiro atoms. The number of carbonyl (C=O) groups is 2. The summed E-state index contributed by atoms with van der Waals surface area (Å²) in [5.41, 5.74) is 1.08. The highest BCUT2D eigenvalue weighted by atomic mass is 127. The Morgan fingerprint density at radius 1 is 1.21 bits per heavy atom. The van der Waals surface area contributed by atoms with Crippen molar-refractivity contribution in [1.82, 2.24) is 5.32 Å². The third-order valence-electron chi connectivity index (χ3n) is 3.48. The zero-order chi connectivity index (χ0) is 20.7. The molecule has 2 aromatic carbocycles. The van der Waals surface area contributed by atoms with Gasteiger partial charge in [0.15, 0.2) is 11.5 Å². The Kier molecular flexibility index (Phi) is 7.80. The lowest BCUT2D eigenvalue weighted by atomic mass is 10.1. The standard InChI is InChI=1S/C20H19FINO5/c1-3-27-18-10-14(9-17(20(25)26)23-12(2)24)8-16(22)19(18)28-11-13-4-6-15(21)7-5-13/h4-10H,3,11H2,1-2H3,(H,23,24)(H,25,26). The third-order valence-corrected chi connectivity index (χ3v) is 4.28. The molecular formula is C20H19FINO5. The van der Waals surface area contributed by atoms with Gasteiger partial charge in [-0.1, -0.05) is 12.1 Å². The van der Waals surface area contributed by atoms with Gasteiger partial charge >= 0.3 is 5.97 Å². The zero-order valence-corrected chi connectivity index (χ0v) is 17.4. The lowest BCUT2D eigenvalue weighted by molar-refractivity contribution is -0.134. The van der Waals surface area contributed by atoms with E-state index in [1.54, 1.807) is 24.3 Å². The van der Waals surface area contributed by atoms with Crippen LogP contribution in [0.2, 0.25) is 0 Å². The first-order valence-electron chi connectivity index (χ1n) is 8.36. The Balaban J connectivity index is 2.33. The average molecular weight is 499 g/mol. The Labute approximate surface area is 175 Å². The number of ether oxygens (including phenoxy) is 2. The van der Waals surface area contributed by atoms with Gasteiger partial charge < -0.3 is 19.9 Å². The lowest BCUT2D eigenvalue weighted by Crippen LogP contribution is -2.24. The first-order valence-corrected chi connectivity index (χ1v) is 9.44. The molecule has 0 atom stereocenters. The van der Waals surface area contributed by atoms with E-state index in [0.29, 0.717) is 27.2 Å². The highest BCUT2D eigenvalue weighted by Crippen LogP contribution is 2.35. The van der Waals surface area contributed by atoms with Crippen LogP contribution in [0, 0.1) is 9.39 Å². The molecule has 2 N–H and O–H groups in total. The molecule has 2 aromatic rings. The van der Waals surface area contributed by atoms with E-state index in [1.165, 1.54) is 25.1 Å². The molecule has 2 rings (SSSR count). The Bertz CT molecular complexity index is 896. The Morgan fingerprint density at radius 2 is 1.89 bits per heavy atom. The molecule has 0 radical (unpaired) electrons. The average Bonchev–Trinajstić information content (AvgIpc) is 2.62. The molecule has 0 bridgehead atoms. The van der Waals surface area contributed by atoms with Gasteiger partial charge in [0, 0.05) is 6.92 Å². The molecule has 8 heteroatoms. The summed E-state index contributed by atoms with van der Waals surface area (Å²) in [5.74, 6) is -1.11. The zero-order valence-electron chi connectivity index (χ0n) is 15.3. The number of rotatable bonds is 8. The van der Waals surface area contributed by atoms with E-state index < -0.39 is 11.9 Å². The van der Waals surface area contributed by atoms with Crippen LogP contribution in [0.25, 0.3) is 6.08 Å². The van der Waals surface area contributed by atoms with Crippen LogP contribution in [-0.2, 0) is 16.2 Å². The Morgan fingerprint density at radius 3 is 2.46 bits per heavy atom. The molecule has 6 nitrogen and oxygen atoms in total. The summed E-state index contributed by atoms with van der Waals surface area (Å²) in [6.07, 6.45) is 1.35. The fraction of sp³-hybridized carbons (Fsp3) is 0.200. The highest BCUT2D eigenvalue weighted by Gasteiger charge is 2.14. The van der Waals surface area contributed by atoms with Crippen molar-refractivity contribution >= 4 is 40.5 Å². The van der Waals surface area contributed by atoms with E-state index in [1.807, 2.05) is 6.92 Å². The molecule has 0 aliphatic rings. The molecule has 148 valence electrons. The van der Waals surface area contributed by atoms with Crippen molar-refractivity contribution in [2.24, 2.45) is 0 Å². The number of aliphatic carboxylic acids is 1. The molecule has 28 heavy (non-hydrogen) atoms. The summed E-state index contributed by atoms with van der Waals surface area (Å²) in [6.45, 7) is 3.66. The van der Waals surface area contributed by atoms with Gasteiger partial charge in [0.25, 0.3) is 0 Å². The molecular weight excluding hydrogens is 480 g/mol. The van der Waals surface area contributed by atoms with Gasteiger partial charge in [-0.05, 0) is 71.0 Å². The predicted octanol–water partition coefficient (Wildman–Crippen LogP) is 3.97. The van der Waals surface area contributed by atoms with Crippen LogP contribution in [0.15, 0.2) is 42.1 Å². The molecule has 0 saturated heterocycles. The molecule has 0 aliphatic heterocycles. The summed E-state index contributed by atoms with van der Waals surface area (Å²) >= 11 is 2.06. The predicted molar refractivity (Wildman–Crippen MR) is 110 cm³/mol. The van der Waals surface area contributed by atoms with Gasteiger partial charge in [0.2, 0.25) is 5.91 Å². The molecule has 0 fully saturated rings. The normalized spacial score (nSPS) is 11.1. The van der Waals surface area contributed by atoms with E-state index >= 15 is 0 Å². The highest BCUT2D eigenvalue weighted by molar-refractivity contribution is 14.1. The topological polar surface area (TPSA) is 84.9 Å². The quantitative estimate of drug-likeness (QED) is 0.424. The van der Waals surface area contributed by atoms with Crippen molar-refractivity contribution in [1.29, 1.82) is 0 Å². The van der Waals surface area contributed by atoms with Crippen molar-refractivity contribution in [2.45, 2.75) is 20.5 Å². The number of carboxylic acid groups (broad SMARTS) is 1. The van der Waals surface area contributed by atoms with Gasteiger partial charge in [0.05, 0.1) is 10.2 Å². The van der Waals surface area contributed by atoms with Crippen molar-refractivity contribution in [3.8, 4) is 11.5 Å². The number of benzene rings is 2. The number of nitrogens with one attached hydrogen (secondary N) is 1. The fourth-order valence-electron chi connectivity index (χ4n) is 2.32. The summed E-state index contributed by atoms with van der Waals surface area (Å²) in [7, 11) is 0. The van der Waals surface area contributed by atoms with Crippen molar-refractivity contribution < 1.29 is 28.6 Å². The van der Waals surface area contributed by atoms with E-state index in [9.17, 15) is 19.1 Å². The molecule has 0 heterocycles. The van der Waals surface area contributed by atoms with E-state index in [-0.39, 0.29) is 18.1 Å². The minimum atomic E-state index is -1.25. The molecule has 0 unspecified atom stereocenters. The van der Waals surface area contributed by atoms with Gasteiger partial charge in [-0.2, -0.15) is 0 Å². The van der Waals surface area contributed by atoms with E-state index in [4.69, 9.17) is 9.47 Å². The van der Waals surface area contributed by atoms with Gasteiger partial charge in [-0.3, -0.25) is 4.79 Å². The van der Waals surface area contributed by atoms with Crippen molar-refractivity contribution in [3.63, 3.8) is 0 Å². The molecule has 0 saturated carbocycles. The third kappa shape index (κ3) is 6.22. The number of amides is 1. The number of hydrogen-bond donors (Lipinski definition) is 2. The second kappa shape index (κ2) is 10.1. The van der Waals surface area contributed by atoms with Gasteiger partial charge in [-0.25, -0.2) is 9.18 Å². The lowest BCUT2D eigenvalue weighted by Gasteiger charge is -2.15. The van der Waals surface area contributed by atoms with Crippen LogP contribution < -0.4 is 14.8 Å². The SMILES string of the molecule is CCOc1cc(C=C(NC(C)=O)C(=O)O)cc(I)c1OCc1ccc(F)cc1. The second-order valence-corrected chi connectivity index (χ2v) is 6.88. The minimum Gasteiger partial charge on any atom is -0.490 e. The number of carbonyl (C=O) groups excluding carboxylic acids is 1. The van der Waals surface area contributed by atoms with Crippen LogP contribution in [0.4, 0.5) is 4.39 Å². The van der Waals surface area contributed by atoms with Crippen molar-refractivity contribution in [3.05, 3.63) is 62.6 Å². The number of hydrogen-bond acceptors (Lipinski definition) is 4. The van der Waals surface area contributed by atoms with Crippen LogP contribution in [-0.4, -0.2) is 23.6 Å². The molecule has 0 aromatic heterocycles. The van der Waals surface area contributed by atoms with E-state index in [2.05, 4.69) is 27.9 Å². The summed E-state index contributed by atoms with van der Waals surface area (Å²) in [6, 6.07) is 9.33. The van der Waals surface area contributed by atoms with Crippen LogP contribution in [0.1, 0.15) is 25.0 Å². The summed E-state index contributed by atoms with van der Waals surface area (Å²) in [5, 5.41) is 11.5. The summed E-state index contributed by atoms with van der Waals surface area (Å²) < 4.78 is 25.2. The number of halogens is 2. The smallest absolute Gasteiger partial charge is 0.352 e. The fourth-order valence-corrected chi connectivity index (χ4v) is 3.10. The molecule has 0 aliphatic carbocycles. The van der Waals surface area contributed by atoms with Crippen LogP contribution in [0.5, 0.6) is 11.5 Å². The first kappa shape index (κ1) is 21.7. The maximum Gasteiger partial charge on any atom is 0.352 e. The first-order chi connectivity index (χ1) is 13.3. The Hall–Kier alpha value is -2.62. The minimum absolute atomic E-state index is 0.220. The maximum atomic E-state index is 13.0. The maximum absolute atomic E-state index is 13.0. The van der Waals surface area contributed by atoms with Crippen LogP contribution in [0.3, 0.4) is 0 Å². The molecule has 1 amide bonds. The second-order valence-electron chi connectivity index (χ2n) is 5.72. The van der Waals surface area contributed by atoms with Crippen LogP contribution >= 0.6 is 22.6 Å².